The van der Waals surface area contributed by atoms with Crippen molar-refractivity contribution in [3.8, 4) is 11.5 Å². The van der Waals surface area contributed by atoms with Gasteiger partial charge in [0.25, 0.3) is 0 Å². The van der Waals surface area contributed by atoms with Crippen LogP contribution in [0.5, 0.6) is 11.5 Å². The fourth-order valence-corrected chi connectivity index (χ4v) is 1.76. The first kappa shape index (κ1) is 14.9. The van der Waals surface area contributed by atoms with Crippen LogP contribution < -0.4 is 9.47 Å². The first-order valence-corrected chi connectivity index (χ1v) is 5.97. The minimum absolute atomic E-state index is 0.0317. The summed E-state index contributed by atoms with van der Waals surface area (Å²) in [5.74, 6) is 0.591. The number of hydrogen-bond acceptors (Lipinski definition) is 4. The molecule has 1 aliphatic heterocycles. The molecule has 0 radical (unpaired) electrons. The summed E-state index contributed by atoms with van der Waals surface area (Å²) in [5, 5.41) is 0. The third kappa shape index (κ3) is 3.55. The topological polar surface area (TPSA) is 40.2 Å². The van der Waals surface area contributed by atoms with Gasteiger partial charge >= 0.3 is 6.18 Å². The minimum Gasteiger partial charge on any atom is -0.493 e. The molecule has 0 aliphatic carbocycles. The number of methoxy groups -OCH3 is 2. The highest BCUT2D eigenvalue weighted by Crippen LogP contribution is 2.39. The van der Waals surface area contributed by atoms with Gasteiger partial charge in [-0.2, -0.15) is 13.2 Å². The van der Waals surface area contributed by atoms with Crippen molar-refractivity contribution in [1.82, 2.24) is 0 Å². The third-order valence-electron chi connectivity index (χ3n) is 2.86. The van der Waals surface area contributed by atoms with Crippen LogP contribution in [0, 0.1) is 0 Å². The minimum atomic E-state index is -4.51. The number of ether oxygens (including phenoxy) is 4. The second-order valence-corrected chi connectivity index (χ2v) is 4.32. The highest BCUT2D eigenvalue weighted by Gasteiger charge is 2.43. The normalized spacial score (nSPS) is 19.6. The van der Waals surface area contributed by atoms with Gasteiger partial charge < -0.3 is 18.9 Å². The Morgan fingerprint density at radius 1 is 1.25 bits per heavy atom. The lowest BCUT2D eigenvalue weighted by atomic mass is 10.1. The molecule has 2 rings (SSSR count). The molecule has 0 unspecified atom stereocenters. The highest BCUT2D eigenvalue weighted by molar-refractivity contribution is 5.43. The summed E-state index contributed by atoms with van der Waals surface area (Å²) in [5.41, 5.74) is -0.0317. The summed E-state index contributed by atoms with van der Waals surface area (Å²) in [6.07, 6.45) is -6.75. The maximum absolute atomic E-state index is 13.1. The van der Waals surface area contributed by atoms with E-state index >= 15 is 0 Å². The lowest BCUT2D eigenvalue weighted by Gasteiger charge is -2.21. The van der Waals surface area contributed by atoms with Gasteiger partial charge in [0, 0.05) is 0 Å². The Labute approximate surface area is 114 Å². The second-order valence-electron chi connectivity index (χ2n) is 4.32. The quantitative estimate of drug-likeness (QED) is 0.756. The van der Waals surface area contributed by atoms with Crippen LogP contribution in [0.15, 0.2) is 18.2 Å². The summed E-state index contributed by atoms with van der Waals surface area (Å²) < 4.78 is 59.0. The van der Waals surface area contributed by atoms with E-state index in [1.54, 1.807) is 0 Å². The van der Waals surface area contributed by atoms with Crippen LogP contribution in [0.4, 0.5) is 13.2 Å². The number of halogens is 3. The van der Waals surface area contributed by atoms with Gasteiger partial charge in [-0.05, 0) is 17.7 Å². The number of epoxide rings is 1. The van der Waals surface area contributed by atoms with Gasteiger partial charge in [0.1, 0.15) is 6.10 Å². The first-order valence-electron chi connectivity index (χ1n) is 5.97. The third-order valence-corrected chi connectivity index (χ3v) is 2.86. The van der Waals surface area contributed by atoms with Gasteiger partial charge in [0.2, 0.25) is 0 Å². The molecule has 0 saturated carbocycles. The van der Waals surface area contributed by atoms with E-state index in [4.69, 9.17) is 18.9 Å². The molecule has 20 heavy (non-hydrogen) atoms. The van der Waals surface area contributed by atoms with Crippen LogP contribution in [-0.4, -0.2) is 39.7 Å². The van der Waals surface area contributed by atoms with E-state index in [9.17, 15) is 13.2 Å². The van der Waals surface area contributed by atoms with E-state index in [1.807, 2.05) is 0 Å². The van der Waals surface area contributed by atoms with Crippen molar-refractivity contribution >= 4 is 0 Å². The molecule has 0 aromatic heterocycles. The van der Waals surface area contributed by atoms with Gasteiger partial charge in [0.15, 0.2) is 17.6 Å². The van der Waals surface area contributed by atoms with Crippen molar-refractivity contribution in [2.24, 2.45) is 0 Å². The Bertz CT molecular complexity index is 457. The van der Waals surface area contributed by atoms with Gasteiger partial charge in [0.05, 0.1) is 27.4 Å². The fourth-order valence-electron chi connectivity index (χ4n) is 1.76. The Kier molecular flexibility index (Phi) is 4.39. The molecular weight excluding hydrogens is 277 g/mol. The molecule has 1 fully saturated rings. The van der Waals surface area contributed by atoms with Crippen molar-refractivity contribution in [3.63, 3.8) is 0 Å². The average Bonchev–Trinajstić information content (AvgIpc) is 3.21. The molecular formula is C13H15F3O4. The molecule has 2 atom stereocenters. The predicted octanol–water partition coefficient (Wildman–Crippen LogP) is 2.72. The van der Waals surface area contributed by atoms with Crippen molar-refractivity contribution in [1.29, 1.82) is 0 Å². The van der Waals surface area contributed by atoms with Crippen LogP contribution in [0.2, 0.25) is 0 Å². The molecule has 7 heteroatoms. The number of rotatable bonds is 6. The molecule has 0 bridgehead atoms. The smallest absolute Gasteiger partial charge is 0.418 e. The largest absolute Gasteiger partial charge is 0.493 e. The molecule has 1 aliphatic rings. The summed E-state index contributed by atoms with van der Waals surface area (Å²) in [6, 6.07) is 4.00. The Morgan fingerprint density at radius 2 is 1.90 bits per heavy atom. The van der Waals surface area contributed by atoms with E-state index < -0.39 is 12.3 Å². The van der Waals surface area contributed by atoms with E-state index in [1.165, 1.54) is 32.4 Å². The van der Waals surface area contributed by atoms with Gasteiger partial charge in [-0.1, -0.05) is 6.07 Å². The maximum atomic E-state index is 13.1. The highest BCUT2D eigenvalue weighted by atomic mass is 19.4. The molecule has 1 heterocycles. The zero-order valence-electron chi connectivity index (χ0n) is 11.1. The predicted molar refractivity (Wildman–Crippen MR) is 64.0 cm³/mol. The van der Waals surface area contributed by atoms with Crippen molar-refractivity contribution < 1.29 is 32.1 Å². The second kappa shape index (κ2) is 5.88. The Morgan fingerprint density at radius 3 is 2.40 bits per heavy atom. The van der Waals surface area contributed by atoms with Crippen LogP contribution in [-0.2, 0) is 9.47 Å². The van der Waals surface area contributed by atoms with Gasteiger partial charge in [-0.25, -0.2) is 0 Å². The standard InChI is InChI=1S/C13H15F3O4/c1-17-10-4-3-8(5-11(10)18-2)12(13(14,15)16)20-7-9-6-19-9/h3-5,9,12H,6-7H2,1-2H3/t9-,12+/m0/s1. The lowest BCUT2D eigenvalue weighted by molar-refractivity contribution is -0.224. The molecule has 112 valence electrons. The Hall–Kier alpha value is -1.47. The first-order chi connectivity index (χ1) is 9.45. The number of hydrogen-bond donors (Lipinski definition) is 0. The van der Waals surface area contributed by atoms with Crippen LogP contribution in [0.25, 0.3) is 0 Å². The van der Waals surface area contributed by atoms with Crippen molar-refractivity contribution in [3.05, 3.63) is 23.8 Å². The molecule has 0 N–H and O–H groups in total. The summed E-state index contributed by atoms with van der Waals surface area (Å²) in [7, 11) is 2.78. The molecule has 1 saturated heterocycles. The van der Waals surface area contributed by atoms with E-state index in [-0.39, 0.29) is 24.0 Å². The summed E-state index contributed by atoms with van der Waals surface area (Å²) in [4.78, 5) is 0. The van der Waals surface area contributed by atoms with Gasteiger partial charge in [-0.3, -0.25) is 0 Å². The van der Waals surface area contributed by atoms with E-state index in [0.717, 1.165) is 0 Å². The summed E-state index contributed by atoms with van der Waals surface area (Å²) in [6.45, 7) is 0.356. The van der Waals surface area contributed by atoms with Crippen LogP contribution in [0.1, 0.15) is 11.7 Å². The van der Waals surface area contributed by atoms with Crippen LogP contribution in [0.3, 0.4) is 0 Å². The molecule has 1 aromatic rings. The Balaban J connectivity index is 2.22. The maximum Gasteiger partial charge on any atom is 0.418 e. The van der Waals surface area contributed by atoms with Crippen molar-refractivity contribution in [2.75, 3.05) is 27.4 Å². The van der Waals surface area contributed by atoms with Crippen LogP contribution >= 0.6 is 0 Å². The molecule has 4 nitrogen and oxygen atoms in total. The zero-order chi connectivity index (χ0) is 14.8. The van der Waals surface area contributed by atoms with Gasteiger partial charge in [-0.15, -0.1) is 0 Å². The fraction of sp³-hybridized carbons (Fsp3) is 0.538. The summed E-state index contributed by atoms with van der Waals surface area (Å²) >= 11 is 0. The van der Waals surface area contributed by atoms with E-state index in [0.29, 0.717) is 12.4 Å². The lowest BCUT2D eigenvalue weighted by Crippen LogP contribution is -2.25. The zero-order valence-corrected chi connectivity index (χ0v) is 11.1. The van der Waals surface area contributed by atoms with E-state index in [2.05, 4.69) is 0 Å². The monoisotopic (exact) mass is 292 g/mol. The average molecular weight is 292 g/mol. The number of benzene rings is 1. The SMILES string of the molecule is COc1ccc([C@@H](OC[C@@H]2CO2)C(F)(F)F)cc1OC. The number of alkyl halides is 3. The molecule has 0 amide bonds. The molecule has 1 aromatic carbocycles. The molecule has 0 spiro atoms. The van der Waals surface area contributed by atoms with Crippen molar-refractivity contribution in [2.45, 2.75) is 18.4 Å².